The lowest BCUT2D eigenvalue weighted by Crippen LogP contribution is -2.20. The number of rotatable bonds is 8. The second-order valence-electron chi connectivity index (χ2n) is 5.21. The summed E-state index contributed by atoms with van der Waals surface area (Å²) in [7, 11) is 0. The van der Waals surface area contributed by atoms with Crippen LogP contribution in [0, 0.1) is 10.1 Å². The lowest BCUT2D eigenvalue weighted by atomic mass is 10.2. The maximum atomic E-state index is 12.5. The molecule has 0 aromatic heterocycles. The molecule has 0 atom stereocenters. The molecule has 0 unspecified atom stereocenters. The van der Waals surface area contributed by atoms with Crippen LogP contribution >= 0.6 is 11.8 Å². The van der Waals surface area contributed by atoms with Gasteiger partial charge in [0.15, 0.2) is 6.61 Å². The van der Waals surface area contributed by atoms with Crippen LogP contribution in [0.15, 0.2) is 59.5 Å². The zero-order chi connectivity index (χ0) is 20.5. The Morgan fingerprint density at radius 2 is 1.86 bits per heavy atom. The number of ether oxygens (including phenoxy) is 1. The number of hydrogen-bond acceptors (Lipinski definition) is 6. The molecule has 1 N–H and O–H groups in total. The lowest BCUT2D eigenvalue weighted by Gasteiger charge is -2.10. The average Bonchev–Trinajstić information content (AvgIpc) is 2.66. The Labute approximate surface area is 162 Å². The van der Waals surface area contributed by atoms with Crippen molar-refractivity contribution in [1.82, 2.24) is 0 Å². The molecule has 0 saturated carbocycles. The second kappa shape index (κ2) is 10.2. The first-order chi connectivity index (χ1) is 13.3. The third-order valence-electron chi connectivity index (χ3n) is 3.24. The number of nitrogens with zero attached hydrogens (tertiary/aromatic N) is 1. The van der Waals surface area contributed by atoms with E-state index < -0.39 is 29.2 Å². The fourth-order valence-corrected chi connectivity index (χ4v) is 2.61. The summed E-state index contributed by atoms with van der Waals surface area (Å²) in [5.41, 5.74) is 0.641. The molecule has 0 bridgehead atoms. The topological polar surface area (TPSA) is 98.5 Å². The van der Waals surface area contributed by atoms with Crippen molar-refractivity contribution < 1.29 is 28.0 Å². The number of carbonyl (C=O) groups excluding carboxylic acids is 2. The van der Waals surface area contributed by atoms with Crippen molar-refractivity contribution in [3.63, 3.8) is 0 Å². The quantitative estimate of drug-likeness (QED) is 0.232. The second-order valence-corrected chi connectivity index (χ2v) is 6.24. The molecule has 0 aliphatic rings. The Kier molecular flexibility index (Phi) is 7.64. The first-order valence-corrected chi connectivity index (χ1v) is 8.66. The highest BCUT2D eigenvalue weighted by molar-refractivity contribution is 7.99. The van der Waals surface area contributed by atoms with E-state index in [-0.39, 0.29) is 16.3 Å². The third-order valence-corrected chi connectivity index (χ3v) is 4.03. The summed E-state index contributed by atoms with van der Waals surface area (Å²) >= 11 is 0.291. The normalized spacial score (nSPS) is 10.8. The summed E-state index contributed by atoms with van der Waals surface area (Å²) in [6.45, 7) is -0.600. The van der Waals surface area contributed by atoms with E-state index in [9.17, 15) is 28.5 Å². The first-order valence-electron chi connectivity index (χ1n) is 7.78. The molecule has 7 nitrogen and oxygen atoms in total. The van der Waals surface area contributed by atoms with Gasteiger partial charge in [0.25, 0.3) is 17.4 Å². The predicted molar refractivity (Wildman–Crippen MR) is 100 cm³/mol. The van der Waals surface area contributed by atoms with Crippen LogP contribution in [0.2, 0.25) is 0 Å². The van der Waals surface area contributed by atoms with Gasteiger partial charge < -0.3 is 10.1 Å². The van der Waals surface area contributed by atoms with E-state index in [0.717, 1.165) is 6.08 Å². The third kappa shape index (κ3) is 6.80. The monoisotopic (exact) mass is 408 g/mol. The predicted octanol–water partition coefficient (Wildman–Crippen LogP) is 4.10. The van der Waals surface area contributed by atoms with E-state index in [1.807, 2.05) is 0 Å². The van der Waals surface area contributed by atoms with Gasteiger partial charge in [0.05, 0.1) is 10.6 Å². The molecule has 10 heteroatoms. The van der Waals surface area contributed by atoms with Gasteiger partial charge in [-0.15, -0.1) is 0 Å². The highest BCUT2D eigenvalue weighted by Crippen LogP contribution is 2.31. The number of halogens is 2. The van der Waals surface area contributed by atoms with Crippen LogP contribution in [0.25, 0.3) is 6.08 Å². The summed E-state index contributed by atoms with van der Waals surface area (Å²) in [4.78, 5) is 33.7. The molecular formula is C18H14F2N2O5S. The van der Waals surface area contributed by atoms with Gasteiger partial charge in [0.2, 0.25) is 0 Å². The SMILES string of the molecule is O=C(COC(=O)/C=C/c1ccc([N+](=O)[O-])cc1)Nc1ccccc1SC(F)F. The number of alkyl halides is 2. The Balaban J connectivity index is 1.85. The van der Waals surface area contributed by atoms with Crippen molar-refractivity contribution in [3.8, 4) is 0 Å². The van der Waals surface area contributed by atoms with Gasteiger partial charge in [-0.2, -0.15) is 8.78 Å². The number of carbonyl (C=O) groups is 2. The standard InChI is InChI=1S/C18H14F2N2O5S/c19-18(20)28-15-4-2-1-3-14(15)21-16(23)11-27-17(24)10-7-12-5-8-13(9-6-12)22(25)26/h1-10,18H,11H2,(H,21,23)/b10-7+. The van der Waals surface area contributed by atoms with Gasteiger partial charge in [-0.25, -0.2) is 4.79 Å². The summed E-state index contributed by atoms with van der Waals surface area (Å²) in [6.07, 6.45) is 2.44. The fraction of sp³-hybridized carbons (Fsp3) is 0.111. The molecule has 0 radical (unpaired) electrons. The number of para-hydroxylation sites is 1. The van der Waals surface area contributed by atoms with E-state index in [0.29, 0.717) is 17.3 Å². The molecule has 0 spiro atoms. The van der Waals surface area contributed by atoms with Crippen LogP contribution in [0.4, 0.5) is 20.2 Å². The number of nitrogens with one attached hydrogen (secondary N) is 1. The van der Waals surface area contributed by atoms with Crippen LogP contribution in [-0.4, -0.2) is 29.2 Å². The van der Waals surface area contributed by atoms with Gasteiger partial charge in [0.1, 0.15) is 0 Å². The molecule has 28 heavy (non-hydrogen) atoms. The molecule has 0 fully saturated rings. The summed E-state index contributed by atoms with van der Waals surface area (Å²) in [5, 5.41) is 13.0. The molecule has 2 rings (SSSR count). The smallest absolute Gasteiger partial charge is 0.331 e. The summed E-state index contributed by atoms with van der Waals surface area (Å²) in [5.74, 6) is -4.12. The average molecular weight is 408 g/mol. The minimum absolute atomic E-state index is 0.0818. The van der Waals surface area contributed by atoms with E-state index >= 15 is 0 Å². The largest absolute Gasteiger partial charge is 0.452 e. The van der Waals surface area contributed by atoms with Gasteiger partial charge in [-0.05, 0) is 35.9 Å². The zero-order valence-electron chi connectivity index (χ0n) is 14.2. The molecule has 0 saturated heterocycles. The zero-order valence-corrected chi connectivity index (χ0v) is 15.0. The lowest BCUT2D eigenvalue weighted by molar-refractivity contribution is -0.384. The number of nitro groups is 1. The Hall–Kier alpha value is -3.27. The molecule has 0 heterocycles. The van der Waals surface area contributed by atoms with Crippen molar-refractivity contribution in [2.45, 2.75) is 10.7 Å². The molecule has 0 aliphatic carbocycles. The molecule has 1 amide bonds. The number of anilines is 1. The highest BCUT2D eigenvalue weighted by atomic mass is 32.2. The molecule has 2 aromatic rings. The maximum absolute atomic E-state index is 12.5. The van der Waals surface area contributed by atoms with Crippen molar-refractivity contribution in [2.75, 3.05) is 11.9 Å². The van der Waals surface area contributed by atoms with E-state index in [1.165, 1.54) is 42.5 Å². The van der Waals surface area contributed by atoms with Gasteiger partial charge in [-0.3, -0.25) is 14.9 Å². The van der Waals surface area contributed by atoms with Crippen molar-refractivity contribution in [3.05, 3.63) is 70.3 Å². The Morgan fingerprint density at radius 1 is 1.18 bits per heavy atom. The van der Waals surface area contributed by atoms with Crippen LogP contribution < -0.4 is 5.32 Å². The Bertz CT molecular complexity index is 888. The molecule has 146 valence electrons. The van der Waals surface area contributed by atoms with E-state index in [1.54, 1.807) is 12.1 Å². The number of benzene rings is 2. The maximum Gasteiger partial charge on any atom is 0.331 e. The van der Waals surface area contributed by atoms with Gasteiger partial charge in [-0.1, -0.05) is 23.9 Å². The van der Waals surface area contributed by atoms with Crippen LogP contribution in [0.5, 0.6) is 0 Å². The summed E-state index contributed by atoms with van der Waals surface area (Å²) < 4.78 is 29.8. The van der Waals surface area contributed by atoms with Crippen LogP contribution in [0.1, 0.15) is 5.56 Å². The number of hydrogen-bond donors (Lipinski definition) is 1. The van der Waals surface area contributed by atoms with Crippen LogP contribution in [0.3, 0.4) is 0 Å². The molecular weight excluding hydrogens is 394 g/mol. The van der Waals surface area contributed by atoms with Crippen molar-refractivity contribution >= 4 is 41.1 Å². The number of amides is 1. The minimum atomic E-state index is -2.64. The summed E-state index contributed by atoms with van der Waals surface area (Å²) in [6, 6.07) is 11.5. The van der Waals surface area contributed by atoms with Gasteiger partial charge in [0, 0.05) is 23.1 Å². The van der Waals surface area contributed by atoms with Crippen molar-refractivity contribution in [1.29, 1.82) is 0 Å². The number of thioether (sulfide) groups is 1. The number of non-ortho nitro benzene ring substituents is 1. The number of esters is 1. The van der Waals surface area contributed by atoms with Gasteiger partial charge >= 0.3 is 5.97 Å². The fourth-order valence-electron chi connectivity index (χ4n) is 2.01. The van der Waals surface area contributed by atoms with E-state index in [4.69, 9.17) is 4.74 Å². The highest BCUT2D eigenvalue weighted by Gasteiger charge is 2.12. The Morgan fingerprint density at radius 3 is 2.50 bits per heavy atom. The minimum Gasteiger partial charge on any atom is -0.452 e. The molecule has 2 aromatic carbocycles. The van der Waals surface area contributed by atoms with E-state index in [2.05, 4.69) is 5.32 Å². The van der Waals surface area contributed by atoms with Crippen molar-refractivity contribution in [2.24, 2.45) is 0 Å². The number of nitro benzene ring substituents is 1. The first kappa shape index (κ1) is 21.0. The van der Waals surface area contributed by atoms with Crippen LogP contribution in [-0.2, 0) is 14.3 Å². The molecule has 0 aliphatic heterocycles.